The Kier molecular flexibility index (Phi) is 4.83. The number of amides is 2. The number of imide groups is 1. The molecule has 2 fully saturated rings. The lowest BCUT2D eigenvalue weighted by molar-refractivity contribution is -0.384. The van der Waals surface area contributed by atoms with E-state index in [0.717, 1.165) is 4.90 Å². The number of carbonyl (C=O) groups excluding carboxylic acids is 4. The Morgan fingerprint density at radius 1 is 0.861 bits per heavy atom. The van der Waals surface area contributed by atoms with Gasteiger partial charge in [0.05, 0.1) is 28.6 Å². The minimum absolute atomic E-state index is 0.114. The van der Waals surface area contributed by atoms with Crippen molar-refractivity contribution in [1.29, 1.82) is 0 Å². The molecule has 1 spiro atoms. The maximum atomic E-state index is 13.8. The van der Waals surface area contributed by atoms with Gasteiger partial charge in [-0.15, -0.1) is 0 Å². The molecule has 2 heterocycles. The standard InChI is InChI=1S/C26H15BrN2O7/c27-14-5-3-4-13(12-14)21-19-20(26(36-21)22(30)17-6-1-2-7-18(17)23(26)31)25(33)28(24(19)32)15-8-10-16(11-9-15)29(34)35/h1-12,19-21H/t19-,20-,21+/m1/s1. The number of anilines is 1. The molecule has 0 aromatic heterocycles. The summed E-state index contributed by atoms with van der Waals surface area (Å²) in [5.74, 6) is -5.24. The van der Waals surface area contributed by atoms with Crippen molar-refractivity contribution in [3.8, 4) is 0 Å². The maximum Gasteiger partial charge on any atom is 0.269 e. The third-order valence-corrected chi connectivity index (χ3v) is 7.51. The normalized spacial score (nSPS) is 23.9. The monoisotopic (exact) mass is 546 g/mol. The van der Waals surface area contributed by atoms with E-state index in [0.29, 0.717) is 10.0 Å². The molecular weight excluding hydrogens is 532 g/mol. The van der Waals surface area contributed by atoms with Crippen molar-refractivity contribution in [2.24, 2.45) is 11.8 Å². The van der Waals surface area contributed by atoms with Gasteiger partial charge in [-0.2, -0.15) is 0 Å². The van der Waals surface area contributed by atoms with Crippen LogP contribution in [0.3, 0.4) is 0 Å². The number of halogens is 1. The van der Waals surface area contributed by atoms with Crippen LogP contribution in [0.2, 0.25) is 0 Å². The van der Waals surface area contributed by atoms with Gasteiger partial charge < -0.3 is 4.74 Å². The number of nitrogens with zero attached hydrogens (tertiary/aromatic N) is 2. The van der Waals surface area contributed by atoms with Crippen molar-refractivity contribution in [2.75, 3.05) is 4.90 Å². The number of ether oxygens (including phenoxy) is 1. The zero-order chi connectivity index (χ0) is 25.4. The first kappa shape index (κ1) is 22.4. The Bertz CT molecular complexity index is 1480. The van der Waals surface area contributed by atoms with Crippen LogP contribution in [0.15, 0.2) is 77.3 Å². The third-order valence-electron chi connectivity index (χ3n) is 7.01. The van der Waals surface area contributed by atoms with Crippen molar-refractivity contribution >= 4 is 50.7 Å². The molecular formula is C26H15BrN2O7. The molecule has 3 atom stereocenters. The van der Waals surface area contributed by atoms with Crippen LogP contribution in [-0.4, -0.2) is 33.9 Å². The molecule has 10 heteroatoms. The van der Waals surface area contributed by atoms with Gasteiger partial charge in [0.25, 0.3) is 5.69 Å². The van der Waals surface area contributed by atoms with E-state index in [1.54, 1.807) is 36.4 Å². The topological polar surface area (TPSA) is 124 Å². The average Bonchev–Trinajstić information content (AvgIpc) is 3.44. The van der Waals surface area contributed by atoms with Crippen LogP contribution in [0.1, 0.15) is 32.4 Å². The summed E-state index contributed by atoms with van der Waals surface area (Å²) in [5.41, 5.74) is -1.45. The van der Waals surface area contributed by atoms with Crippen molar-refractivity contribution in [3.05, 3.63) is 104 Å². The molecule has 3 aromatic carbocycles. The van der Waals surface area contributed by atoms with Crippen molar-refractivity contribution in [1.82, 2.24) is 0 Å². The molecule has 1 aliphatic carbocycles. The number of ketones is 2. The number of Topliss-reactive ketones (excluding diaryl/α,β-unsaturated/α-hetero) is 2. The Labute approximate surface area is 211 Å². The lowest BCUT2D eigenvalue weighted by atomic mass is 9.77. The summed E-state index contributed by atoms with van der Waals surface area (Å²) in [6.45, 7) is 0. The highest BCUT2D eigenvalue weighted by atomic mass is 79.9. The number of fused-ring (bicyclic) bond motifs is 3. The van der Waals surface area contributed by atoms with E-state index in [9.17, 15) is 29.3 Å². The second-order valence-electron chi connectivity index (χ2n) is 8.82. The molecule has 6 rings (SSSR count). The molecule has 36 heavy (non-hydrogen) atoms. The molecule has 0 saturated carbocycles. The van der Waals surface area contributed by atoms with E-state index < -0.39 is 51.8 Å². The Morgan fingerprint density at radius 2 is 1.50 bits per heavy atom. The van der Waals surface area contributed by atoms with Gasteiger partial charge in [0.2, 0.25) is 29.0 Å². The van der Waals surface area contributed by atoms with Crippen LogP contribution in [0.4, 0.5) is 11.4 Å². The van der Waals surface area contributed by atoms with E-state index >= 15 is 0 Å². The molecule has 0 radical (unpaired) electrons. The van der Waals surface area contributed by atoms with Crippen LogP contribution in [0.25, 0.3) is 0 Å². The fourth-order valence-corrected chi connectivity index (χ4v) is 5.90. The third kappa shape index (κ3) is 2.85. The molecule has 0 N–H and O–H groups in total. The van der Waals surface area contributed by atoms with Gasteiger partial charge >= 0.3 is 0 Å². The predicted octanol–water partition coefficient (Wildman–Crippen LogP) is 4.05. The molecule has 2 saturated heterocycles. The van der Waals surface area contributed by atoms with Crippen LogP contribution in [-0.2, 0) is 14.3 Å². The van der Waals surface area contributed by atoms with Gasteiger partial charge in [-0.1, -0.05) is 52.3 Å². The zero-order valence-corrected chi connectivity index (χ0v) is 19.9. The number of non-ortho nitro benzene ring substituents is 1. The highest BCUT2D eigenvalue weighted by Gasteiger charge is 2.74. The molecule has 3 aliphatic rings. The second-order valence-corrected chi connectivity index (χ2v) is 9.74. The fourth-order valence-electron chi connectivity index (χ4n) is 5.48. The van der Waals surface area contributed by atoms with Gasteiger partial charge in [-0.25, -0.2) is 4.90 Å². The molecule has 2 aliphatic heterocycles. The quantitative estimate of drug-likeness (QED) is 0.210. The van der Waals surface area contributed by atoms with Crippen LogP contribution in [0, 0.1) is 22.0 Å². The van der Waals surface area contributed by atoms with Crippen molar-refractivity contribution in [2.45, 2.75) is 11.7 Å². The van der Waals surface area contributed by atoms with E-state index in [1.807, 2.05) is 0 Å². The zero-order valence-electron chi connectivity index (χ0n) is 18.3. The van der Waals surface area contributed by atoms with Crippen LogP contribution in [0.5, 0.6) is 0 Å². The maximum absolute atomic E-state index is 13.8. The van der Waals surface area contributed by atoms with Gasteiger partial charge in [-0.3, -0.25) is 29.3 Å². The predicted molar refractivity (Wildman–Crippen MR) is 128 cm³/mol. The smallest absolute Gasteiger partial charge is 0.269 e. The van der Waals surface area contributed by atoms with Crippen LogP contribution < -0.4 is 4.90 Å². The number of hydrogen-bond acceptors (Lipinski definition) is 7. The molecule has 2 amide bonds. The average molecular weight is 547 g/mol. The fraction of sp³-hybridized carbons (Fsp3) is 0.154. The number of nitro groups is 1. The Morgan fingerprint density at radius 3 is 2.08 bits per heavy atom. The van der Waals surface area contributed by atoms with Crippen molar-refractivity contribution < 1.29 is 28.8 Å². The van der Waals surface area contributed by atoms with Gasteiger partial charge in [0.15, 0.2) is 0 Å². The summed E-state index contributed by atoms with van der Waals surface area (Å²) >= 11 is 3.39. The number of hydrogen-bond donors (Lipinski definition) is 0. The molecule has 3 aromatic rings. The van der Waals surface area contributed by atoms with E-state index in [2.05, 4.69) is 15.9 Å². The molecule has 9 nitrogen and oxygen atoms in total. The van der Waals surface area contributed by atoms with Crippen LogP contribution >= 0.6 is 15.9 Å². The van der Waals surface area contributed by atoms with Gasteiger partial charge in [0.1, 0.15) is 0 Å². The number of carbonyl (C=O) groups is 4. The number of rotatable bonds is 3. The highest BCUT2D eigenvalue weighted by Crippen LogP contribution is 2.57. The summed E-state index contributed by atoms with van der Waals surface area (Å²) in [6, 6.07) is 18.1. The summed E-state index contributed by atoms with van der Waals surface area (Å²) in [7, 11) is 0. The summed E-state index contributed by atoms with van der Waals surface area (Å²) < 4.78 is 6.92. The Balaban J connectivity index is 1.52. The second kappa shape index (κ2) is 7.74. The summed E-state index contributed by atoms with van der Waals surface area (Å²) in [4.78, 5) is 66.4. The molecule has 0 unspecified atom stereocenters. The lowest BCUT2D eigenvalue weighted by Crippen LogP contribution is -2.51. The SMILES string of the molecule is O=C1[C@H]2[C@H](c3cccc(Br)c3)OC3(C(=O)c4ccccc4C3=O)[C@H]2C(=O)N1c1ccc([N+](=O)[O-])cc1. The Hall–Kier alpha value is -4.02. The van der Waals surface area contributed by atoms with E-state index in [1.165, 1.54) is 36.4 Å². The lowest BCUT2D eigenvalue weighted by Gasteiger charge is -2.27. The van der Waals surface area contributed by atoms with Crippen molar-refractivity contribution in [3.63, 3.8) is 0 Å². The molecule has 0 bridgehead atoms. The van der Waals surface area contributed by atoms with Gasteiger partial charge in [-0.05, 0) is 29.8 Å². The first-order chi connectivity index (χ1) is 17.3. The summed E-state index contributed by atoms with van der Waals surface area (Å²) in [6.07, 6.45) is -1.05. The highest BCUT2D eigenvalue weighted by molar-refractivity contribution is 9.10. The minimum Gasteiger partial charge on any atom is -0.349 e. The van der Waals surface area contributed by atoms with E-state index in [4.69, 9.17) is 4.74 Å². The number of benzene rings is 3. The number of nitro benzene ring substituents is 1. The van der Waals surface area contributed by atoms with E-state index in [-0.39, 0.29) is 22.5 Å². The molecule has 178 valence electrons. The summed E-state index contributed by atoms with van der Waals surface area (Å²) in [5, 5.41) is 11.1. The van der Waals surface area contributed by atoms with Gasteiger partial charge in [0, 0.05) is 27.7 Å². The largest absolute Gasteiger partial charge is 0.349 e. The first-order valence-corrected chi connectivity index (χ1v) is 11.8. The first-order valence-electron chi connectivity index (χ1n) is 11.0. The minimum atomic E-state index is -2.18.